The first kappa shape index (κ1) is 19.6. The maximum atomic E-state index is 9.90. The van der Waals surface area contributed by atoms with Crippen molar-refractivity contribution in [3.05, 3.63) is 12.2 Å². The molecule has 5 nitrogen and oxygen atoms in total. The van der Waals surface area contributed by atoms with Crippen molar-refractivity contribution < 1.29 is 19.8 Å². The smallest absolute Gasteiger partial charge is 0.176 e. The van der Waals surface area contributed by atoms with Gasteiger partial charge in [0.1, 0.15) is 0 Å². The van der Waals surface area contributed by atoms with Crippen LogP contribution < -0.4 is 0 Å². The van der Waals surface area contributed by atoms with Crippen LogP contribution in [-0.4, -0.2) is 51.0 Å². The minimum Gasteiger partial charge on any atom is -0.388 e. The van der Waals surface area contributed by atoms with Crippen molar-refractivity contribution in [3.8, 4) is 0 Å². The molecule has 1 unspecified atom stereocenters. The molecule has 0 aliphatic carbocycles. The number of ether oxygens (including phenoxy) is 1. The molecule has 0 bridgehead atoms. The fraction of sp³-hybridized carbons (Fsp3) is 0.882. The zero-order valence-corrected chi connectivity index (χ0v) is 15.1. The van der Waals surface area contributed by atoms with Crippen LogP contribution in [0.4, 0.5) is 0 Å². The molecule has 0 aromatic carbocycles. The van der Waals surface area contributed by atoms with Crippen molar-refractivity contribution in [2.45, 2.75) is 90.4 Å². The topological polar surface area (TPSA) is 62.2 Å². The van der Waals surface area contributed by atoms with Crippen molar-refractivity contribution in [1.29, 1.82) is 0 Å². The molecule has 0 aromatic heterocycles. The Morgan fingerprint density at radius 2 is 1.73 bits per heavy atom. The molecule has 1 aliphatic rings. The second-order valence-corrected chi connectivity index (χ2v) is 8.37. The van der Waals surface area contributed by atoms with E-state index in [1.54, 1.807) is 20.8 Å². The monoisotopic (exact) mass is 315 g/mol. The number of aliphatic hydroxyl groups is 2. The average Bonchev–Trinajstić information content (AvgIpc) is 2.23. The van der Waals surface area contributed by atoms with Crippen LogP contribution in [0.1, 0.15) is 61.3 Å². The first-order valence-corrected chi connectivity index (χ1v) is 7.89. The predicted molar refractivity (Wildman–Crippen MR) is 87.2 cm³/mol. The highest BCUT2D eigenvalue weighted by atomic mass is 16.7. The summed E-state index contributed by atoms with van der Waals surface area (Å²) < 4.78 is 5.74. The molecule has 1 aliphatic heterocycles. The SMILES string of the molecule is C=C(C)C(O)OC1CC(C)(C)N(OCC(C)(C)O)C(C)(C)C1. The zero-order chi connectivity index (χ0) is 17.3. The van der Waals surface area contributed by atoms with Gasteiger partial charge in [-0.2, -0.15) is 5.06 Å². The van der Waals surface area contributed by atoms with Gasteiger partial charge in [0, 0.05) is 11.1 Å². The van der Waals surface area contributed by atoms with E-state index in [4.69, 9.17) is 9.57 Å². The van der Waals surface area contributed by atoms with E-state index in [2.05, 4.69) is 34.3 Å². The van der Waals surface area contributed by atoms with Crippen LogP contribution in [0.25, 0.3) is 0 Å². The fourth-order valence-electron chi connectivity index (χ4n) is 3.14. The maximum Gasteiger partial charge on any atom is 0.176 e. The second kappa shape index (κ2) is 6.57. The van der Waals surface area contributed by atoms with E-state index in [0.717, 1.165) is 12.8 Å². The zero-order valence-electron chi connectivity index (χ0n) is 15.1. The van der Waals surface area contributed by atoms with Crippen molar-refractivity contribution in [2.24, 2.45) is 0 Å². The molecule has 0 spiro atoms. The Morgan fingerprint density at radius 3 is 2.09 bits per heavy atom. The van der Waals surface area contributed by atoms with Gasteiger partial charge in [0.2, 0.25) is 0 Å². The summed E-state index contributed by atoms with van der Waals surface area (Å²) in [7, 11) is 0. The van der Waals surface area contributed by atoms with E-state index >= 15 is 0 Å². The molecule has 1 saturated heterocycles. The molecule has 1 heterocycles. The lowest BCUT2D eigenvalue weighted by Crippen LogP contribution is -2.62. The van der Waals surface area contributed by atoms with Gasteiger partial charge in [-0.3, -0.25) is 4.84 Å². The normalized spacial score (nSPS) is 24.2. The fourth-order valence-corrected chi connectivity index (χ4v) is 3.14. The lowest BCUT2D eigenvalue weighted by Gasteiger charge is -2.54. The average molecular weight is 315 g/mol. The maximum absolute atomic E-state index is 9.90. The largest absolute Gasteiger partial charge is 0.388 e. The molecule has 1 atom stereocenters. The number of nitrogens with zero attached hydrogens (tertiary/aromatic N) is 1. The Balaban J connectivity index is 2.82. The van der Waals surface area contributed by atoms with E-state index in [0.29, 0.717) is 5.57 Å². The van der Waals surface area contributed by atoms with Crippen LogP contribution in [0.2, 0.25) is 0 Å². The van der Waals surface area contributed by atoms with Gasteiger partial charge in [0.15, 0.2) is 6.29 Å². The van der Waals surface area contributed by atoms with Crippen LogP contribution in [-0.2, 0) is 9.57 Å². The number of aliphatic hydroxyl groups excluding tert-OH is 1. The van der Waals surface area contributed by atoms with Crippen molar-refractivity contribution in [2.75, 3.05) is 6.61 Å². The Morgan fingerprint density at radius 1 is 1.27 bits per heavy atom. The lowest BCUT2D eigenvalue weighted by molar-refractivity contribution is -0.313. The molecule has 0 radical (unpaired) electrons. The standard InChI is InChI=1S/C17H33NO4/c1-12(2)14(19)22-13-9-15(3,4)18(16(5,6)10-13)21-11-17(7,8)20/h13-14,19-20H,1,9-11H2,2-8H3. The van der Waals surface area contributed by atoms with Gasteiger partial charge < -0.3 is 14.9 Å². The summed E-state index contributed by atoms with van der Waals surface area (Å²) in [6.07, 6.45) is 0.457. The van der Waals surface area contributed by atoms with Crippen LogP contribution in [0, 0.1) is 0 Å². The molecule has 1 rings (SSSR count). The molecular weight excluding hydrogens is 282 g/mol. The second-order valence-electron chi connectivity index (χ2n) is 8.37. The summed E-state index contributed by atoms with van der Waals surface area (Å²) in [4.78, 5) is 5.93. The Bertz CT molecular complexity index is 380. The van der Waals surface area contributed by atoms with E-state index < -0.39 is 11.9 Å². The molecule has 0 saturated carbocycles. The number of hydroxylamine groups is 2. The van der Waals surface area contributed by atoms with Crippen LogP contribution in [0.5, 0.6) is 0 Å². The molecule has 22 heavy (non-hydrogen) atoms. The Hall–Kier alpha value is -0.460. The lowest BCUT2D eigenvalue weighted by atomic mass is 9.80. The Kier molecular flexibility index (Phi) is 5.85. The van der Waals surface area contributed by atoms with Crippen LogP contribution >= 0.6 is 0 Å². The molecule has 5 heteroatoms. The summed E-state index contributed by atoms with van der Waals surface area (Å²) in [5.74, 6) is 0. The van der Waals surface area contributed by atoms with E-state index in [1.807, 2.05) is 5.06 Å². The third-order valence-electron chi connectivity index (χ3n) is 3.84. The van der Waals surface area contributed by atoms with Gasteiger partial charge in [-0.1, -0.05) is 6.58 Å². The number of hydrogen-bond donors (Lipinski definition) is 2. The molecular formula is C17H33NO4. The summed E-state index contributed by atoms with van der Waals surface area (Å²) in [6, 6.07) is 0. The first-order chi connectivity index (χ1) is 9.74. The quantitative estimate of drug-likeness (QED) is 0.583. The molecule has 2 N–H and O–H groups in total. The van der Waals surface area contributed by atoms with Crippen molar-refractivity contribution in [3.63, 3.8) is 0 Å². The molecule has 1 fully saturated rings. The minimum atomic E-state index is -0.930. The van der Waals surface area contributed by atoms with Gasteiger partial charge in [-0.25, -0.2) is 0 Å². The van der Waals surface area contributed by atoms with Gasteiger partial charge in [-0.05, 0) is 66.9 Å². The minimum absolute atomic E-state index is 0.0707. The predicted octanol–water partition coefficient (Wildman–Crippen LogP) is 2.62. The highest BCUT2D eigenvalue weighted by Gasteiger charge is 2.47. The van der Waals surface area contributed by atoms with E-state index in [9.17, 15) is 10.2 Å². The molecule has 130 valence electrons. The van der Waals surface area contributed by atoms with Gasteiger partial charge >= 0.3 is 0 Å². The highest BCUT2D eigenvalue weighted by Crippen LogP contribution is 2.40. The first-order valence-electron chi connectivity index (χ1n) is 7.89. The third-order valence-corrected chi connectivity index (χ3v) is 3.84. The number of rotatable bonds is 6. The van der Waals surface area contributed by atoms with Gasteiger partial charge in [-0.15, -0.1) is 0 Å². The third kappa shape index (κ3) is 5.32. The van der Waals surface area contributed by atoms with Crippen LogP contribution in [0.15, 0.2) is 12.2 Å². The van der Waals surface area contributed by atoms with Crippen molar-refractivity contribution in [1.82, 2.24) is 5.06 Å². The molecule has 0 amide bonds. The summed E-state index contributed by atoms with van der Waals surface area (Å²) >= 11 is 0. The number of hydrogen-bond acceptors (Lipinski definition) is 5. The summed E-state index contributed by atoms with van der Waals surface area (Å²) in [5, 5.41) is 21.8. The highest BCUT2D eigenvalue weighted by molar-refractivity contribution is 4.99. The van der Waals surface area contributed by atoms with Gasteiger partial charge in [0.05, 0.1) is 18.3 Å². The van der Waals surface area contributed by atoms with Gasteiger partial charge in [0.25, 0.3) is 0 Å². The van der Waals surface area contributed by atoms with E-state index in [-0.39, 0.29) is 23.8 Å². The van der Waals surface area contributed by atoms with Crippen LogP contribution in [0.3, 0.4) is 0 Å². The van der Waals surface area contributed by atoms with Crippen molar-refractivity contribution >= 4 is 0 Å². The number of piperidine rings is 1. The Labute approximate surface area is 134 Å². The van der Waals surface area contributed by atoms with E-state index in [1.165, 1.54) is 0 Å². The summed E-state index contributed by atoms with van der Waals surface area (Å²) in [5.41, 5.74) is -0.814. The summed E-state index contributed by atoms with van der Waals surface area (Å²) in [6.45, 7) is 17.5. The molecule has 0 aromatic rings.